The molecule has 0 heterocycles. The molecule has 8 heteroatoms. The molecule has 3 amide bonds. The van der Waals surface area contributed by atoms with Crippen molar-refractivity contribution < 1.29 is 18.7 Å². The fourth-order valence-corrected chi connectivity index (χ4v) is 3.38. The number of hydrogen-bond donors (Lipinski definition) is 4. The lowest BCUT2D eigenvalue weighted by molar-refractivity contribution is -0.118. The summed E-state index contributed by atoms with van der Waals surface area (Å²) in [6, 6.07) is 19.3. The van der Waals surface area contributed by atoms with Gasteiger partial charge in [0.1, 0.15) is 24.2 Å². The predicted octanol–water partition coefficient (Wildman–Crippen LogP) is 4.97. The molecule has 0 aromatic heterocycles. The van der Waals surface area contributed by atoms with E-state index in [2.05, 4.69) is 16.0 Å². The summed E-state index contributed by atoms with van der Waals surface area (Å²) in [6.45, 7) is 2.72. The van der Waals surface area contributed by atoms with E-state index in [-0.39, 0.29) is 18.3 Å². The van der Waals surface area contributed by atoms with Crippen LogP contribution in [0, 0.1) is 12.7 Å². The zero-order valence-electron chi connectivity index (χ0n) is 19.7. The Hall–Kier alpha value is -3.91. The Morgan fingerprint density at radius 1 is 0.943 bits per heavy atom. The van der Waals surface area contributed by atoms with Gasteiger partial charge in [-0.25, -0.2) is 9.18 Å². The first-order chi connectivity index (χ1) is 16.9. The number of benzene rings is 3. The van der Waals surface area contributed by atoms with E-state index in [4.69, 9.17) is 10.5 Å². The van der Waals surface area contributed by atoms with Crippen molar-refractivity contribution in [3.8, 4) is 5.75 Å². The number of aryl methyl sites for hydroxylation is 1. The molecule has 0 saturated heterocycles. The smallest absolute Gasteiger partial charge is 0.319 e. The molecule has 0 saturated carbocycles. The highest BCUT2D eigenvalue weighted by Gasteiger charge is 2.20. The zero-order chi connectivity index (χ0) is 25.0. The number of nitrogens with one attached hydrogen (secondary N) is 3. The predicted molar refractivity (Wildman–Crippen MR) is 136 cm³/mol. The van der Waals surface area contributed by atoms with Gasteiger partial charge in [-0.05, 0) is 86.8 Å². The summed E-state index contributed by atoms with van der Waals surface area (Å²) in [7, 11) is 0. The molecule has 0 aliphatic carbocycles. The van der Waals surface area contributed by atoms with Crippen LogP contribution in [-0.2, 0) is 11.4 Å². The molecule has 7 nitrogen and oxygen atoms in total. The summed E-state index contributed by atoms with van der Waals surface area (Å²) >= 11 is 0. The number of anilines is 2. The Morgan fingerprint density at radius 2 is 1.63 bits per heavy atom. The van der Waals surface area contributed by atoms with E-state index >= 15 is 0 Å². The number of rotatable bonds is 11. The number of amides is 3. The topological polar surface area (TPSA) is 105 Å². The molecule has 5 N–H and O–H groups in total. The van der Waals surface area contributed by atoms with Gasteiger partial charge in [0.05, 0.1) is 0 Å². The van der Waals surface area contributed by atoms with Crippen LogP contribution >= 0.6 is 0 Å². The summed E-state index contributed by atoms with van der Waals surface area (Å²) < 4.78 is 18.9. The molecular formula is C27H31FN4O3. The van der Waals surface area contributed by atoms with Crippen LogP contribution in [0.3, 0.4) is 0 Å². The quantitative estimate of drug-likeness (QED) is 0.292. The minimum Gasteiger partial charge on any atom is -0.489 e. The van der Waals surface area contributed by atoms with Crippen molar-refractivity contribution in [1.82, 2.24) is 5.32 Å². The molecule has 1 atom stereocenters. The van der Waals surface area contributed by atoms with Crippen molar-refractivity contribution in [1.29, 1.82) is 0 Å². The molecular weight excluding hydrogens is 447 g/mol. The number of carbonyl (C=O) groups is 2. The van der Waals surface area contributed by atoms with Crippen molar-refractivity contribution in [2.24, 2.45) is 5.73 Å². The number of urea groups is 1. The standard InChI is InChI=1S/C27H31FN4O3/c1-19-8-10-22(11-9-19)30-26(33)25(7-2-3-16-29)32-27(34)31-23-12-14-24(15-13-23)35-18-20-5-4-6-21(28)17-20/h4-6,8-15,17,25H,2-3,7,16,18,29H2,1H3,(H,30,33)(H2,31,32,34)/t25-/m0/s1. The lowest BCUT2D eigenvalue weighted by Gasteiger charge is -2.19. The first-order valence-electron chi connectivity index (χ1n) is 11.6. The first-order valence-corrected chi connectivity index (χ1v) is 11.6. The highest BCUT2D eigenvalue weighted by atomic mass is 19.1. The average Bonchev–Trinajstić information content (AvgIpc) is 2.84. The van der Waals surface area contributed by atoms with Crippen LogP contribution in [0.25, 0.3) is 0 Å². The van der Waals surface area contributed by atoms with Crippen LogP contribution in [0.15, 0.2) is 72.8 Å². The van der Waals surface area contributed by atoms with Gasteiger partial charge in [0, 0.05) is 11.4 Å². The van der Waals surface area contributed by atoms with Crippen LogP contribution in [0.5, 0.6) is 5.75 Å². The molecule has 0 aliphatic heterocycles. The van der Waals surface area contributed by atoms with Crippen molar-refractivity contribution in [3.05, 3.63) is 89.7 Å². The number of carbonyl (C=O) groups excluding carboxylic acids is 2. The van der Waals surface area contributed by atoms with Gasteiger partial charge in [-0.1, -0.05) is 29.8 Å². The van der Waals surface area contributed by atoms with Gasteiger partial charge in [-0.15, -0.1) is 0 Å². The number of nitrogens with two attached hydrogens (primary N) is 1. The van der Waals surface area contributed by atoms with Crippen molar-refractivity contribution in [2.45, 2.75) is 38.8 Å². The van der Waals surface area contributed by atoms with E-state index in [1.165, 1.54) is 12.1 Å². The molecule has 0 fully saturated rings. The molecule has 35 heavy (non-hydrogen) atoms. The number of ether oxygens (including phenoxy) is 1. The van der Waals surface area contributed by atoms with Crippen LogP contribution < -0.4 is 26.4 Å². The third-order valence-electron chi connectivity index (χ3n) is 5.29. The second kappa shape index (κ2) is 13.1. The second-order valence-corrected chi connectivity index (χ2v) is 8.23. The summed E-state index contributed by atoms with van der Waals surface area (Å²) in [5.74, 6) is -0.0231. The van der Waals surface area contributed by atoms with E-state index in [9.17, 15) is 14.0 Å². The first kappa shape index (κ1) is 25.7. The summed E-state index contributed by atoms with van der Waals surface area (Å²) in [6.07, 6.45) is 1.93. The Bertz CT molecular complexity index is 1100. The number of hydrogen-bond acceptors (Lipinski definition) is 4. The van der Waals surface area contributed by atoms with Crippen molar-refractivity contribution in [2.75, 3.05) is 17.2 Å². The van der Waals surface area contributed by atoms with E-state index in [1.54, 1.807) is 36.4 Å². The Morgan fingerprint density at radius 3 is 2.31 bits per heavy atom. The summed E-state index contributed by atoms with van der Waals surface area (Å²) in [5.41, 5.74) is 8.59. The van der Waals surface area contributed by atoms with Crippen LogP contribution in [0.4, 0.5) is 20.6 Å². The van der Waals surface area contributed by atoms with Gasteiger partial charge in [0.15, 0.2) is 0 Å². The minimum atomic E-state index is -0.711. The van der Waals surface area contributed by atoms with Gasteiger partial charge >= 0.3 is 6.03 Å². The monoisotopic (exact) mass is 478 g/mol. The second-order valence-electron chi connectivity index (χ2n) is 8.23. The summed E-state index contributed by atoms with van der Waals surface area (Å²) in [5, 5.41) is 8.34. The van der Waals surface area contributed by atoms with Crippen molar-refractivity contribution >= 4 is 23.3 Å². The van der Waals surface area contributed by atoms with Gasteiger partial charge < -0.3 is 26.4 Å². The maximum Gasteiger partial charge on any atom is 0.319 e. The molecule has 0 spiro atoms. The van der Waals surface area contributed by atoms with Gasteiger partial charge in [0.2, 0.25) is 5.91 Å². The fourth-order valence-electron chi connectivity index (χ4n) is 3.38. The summed E-state index contributed by atoms with van der Waals surface area (Å²) in [4.78, 5) is 25.4. The highest BCUT2D eigenvalue weighted by Crippen LogP contribution is 2.18. The largest absolute Gasteiger partial charge is 0.489 e. The molecule has 0 unspecified atom stereocenters. The molecule has 3 rings (SSSR count). The average molecular weight is 479 g/mol. The molecule has 184 valence electrons. The Balaban J connectivity index is 1.54. The maximum absolute atomic E-state index is 13.3. The third-order valence-corrected chi connectivity index (χ3v) is 5.29. The number of unbranched alkanes of at least 4 members (excludes halogenated alkanes) is 1. The van der Waals surface area contributed by atoms with Gasteiger partial charge in [0.25, 0.3) is 0 Å². The SMILES string of the molecule is Cc1ccc(NC(=O)[C@H](CCCCN)NC(=O)Nc2ccc(OCc3cccc(F)c3)cc2)cc1. The minimum absolute atomic E-state index is 0.228. The van der Waals surface area contributed by atoms with E-state index in [0.29, 0.717) is 36.5 Å². The van der Waals surface area contributed by atoms with Crippen molar-refractivity contribution in [3.63, 3.8) is 0 Å². The molecule has 0 bridgehead atoms. The van der Waals surface area contributed by atoms with Crippen LogP contribution in [-0.4, -0.2) is 24.5 Å². The lowest BCUT2D eigenvalue weighted by atomic mass is 10.1. The molecule has 3 aromatic carbocycles. The van der Waals surface area contributed by atoms with Gasteiger partial charge in [-0.3, -0.25) is 4.79 Å². The Kier molecular flexibility index (Phi) is 9.62. The lowest BCUT2D eigenvalue weighted by Crippen LogP contribution is -2.45. The Labute approximate surface area is 204 Å². The number of halogens is 1. The van der Waals surface area contributed by atoms with E-state index in [0.717, 1.165) is 17.5 Å². The highest BCUT2D eigenvalue weighted by molar-refractivity contribution is 5.99. The van der Waals surface area contributed by atoms with E-state index < -0.39 is 12.1 Å². The fraction of sp³-hybridized carbons (Fsp3) is 0.259. The maximum atomic E-state index is 13.3. The molecule has 0 aliphatic rings. The third kappa shape index (κ3) is 8.75. The normalized spacial score (nSPS) is 11.4. The zero-order valence-corrected chi connectivity index (χ0v) is 19.7. The van der Waals surface area contributed by atoms with Crippen LogP contribution in [0.2, 0.25) is 0 Å². The molecule has 0 radical (unpaired) electrons. The molecule has 3 aromatic rings. The van der Waals surface area contributed by atoms with Crippen LogP contribution in [0.1, 0.15) is 30.4 Å². The van der Waals surface area contributed by atoms with Gasteiger partial charge in [-0.2, -0.15) is 0 Å². The van der Waals surface area contributed by atoms with E-state index in [1.807, 2.05) is 31.2 Å².